The summed E-state index contributed by atoms with van der Waals surface area (Å²) in [6, 6.07) is 11.1. The van der Waals surface area contributed by atoms with E-state index in [4.69, 9.17) is 28.9 Å². The zero-order chi connectivity index (χ0) is 15.0. The maximum Gasteiger partial charge on any atom is 0.0958 e. The van der Waals surface area contributed by atoms with Crippen molar-refractivity contribution in [1.29, 1.82) is 0 Å². The van der Waals surface area contributed by atoms with Gasteiger partial charge in [-0.2, -0.15) is 0 Å². The van der Waals surface area contributed by atoms with E-state index in [1.54, 1.807) is 12.3 Å². The molecule has 0 unspecified atom stereocenters. The molecule has 0 aliphatic rings. The number of pyridine rings is 1. The van der Waals surface area contributed by atoms with E-state index < -0.39 is 0 Å². The third-order valence-corrected chi connectivity index (χ3v) is 4.32. The Morgan fingerprint density at radius 3 is 2.71 bits per heavy atom. The fourth-order valence-electron chi connectivity index (χ4n) is 2.06. The van der Waals surface area contributed by atoms with Crippen LogP contribution in [0.3, 0.4) is 0 Å². The second kappa shape index (κ2) is 5.72. The van der Waals surface area contributed by atoms with Crippen LogP contribution in [-0.2, 0) is 0 Å². The zero-order valence-corrected chi connectivity index (χ0v) is 13.8. The number of halogens is 3. The topological polar surface area (TPSA) is 50.9 Å². The van der Waals surface area contributed by atoms with E-state index in [0.717, 1.165) is 26.8 Å². The van der Waals surface area contributed by atoms with Gasteiger partial charge in [0.05, 0.1) is 26.9 Å². The quantitative estimate of drug-likeness (QED) is 0.564. The average molecular weight is 383 g/mol. The van der Waals surface area contributed by atoms with E-state index in [1.165, 1.54) is 0 Å². The molecular formula is C15H10BrCl2N3. The third kappa shape index (κ3) is 2.79. The summed E-state index contributed by atoms with van der Waals surface area (Å²) in [5.74, 6) is 0. The predicted molar refractivity (Wildman–Crippen MR) is 93.6 cm³/mol. The van der Waals surface area contributed by atoms with E-state index in [1.807, 2.05) is 30.3 Å². The molecule has 0 aliphatic heterocycles. The van der Waals surface area contributed by atoms with E-state index in [0.29, 0.717) is 15.7 Å². The number of benzene rings is 2. The van der Waals surface area contributed by atoms with Gasteiger partial charge in [0.15, 0.2) is 0 Å². The monoisotopic (exact) mass is 381 g/mol. The molecule has 106 valence electrons. The van der Waals surface area contributed by atoms with Gasteiger partial charge in [-0.05, 0) is 46.3 Å². The number of nitrogens with one attached hydrogen (secondary N) is 1. The third-order valence-electron chi connectivity index (χ3n) is 3.07. The van der Waals surface area contributed by atoms with Crippen LogP contribution >= 0.6 is 39.1 Å². The molecule has 0 fully saturated rings. The molecule has 0 atom stereocenters. The van der Waals surface area contributed by atoms with Crippen molar-refractivity contribution in [1.82, 2.24) is 4.98 Å². The number of hydrogen-bond acceptors (Lipinski definition) is 3. The summed E-state index contributed by atoms with van der Waals surface area (Å²) >= 11 is 15.6. The van der Waals surface area contributed by atoms with Crippen molar-refractivity contribution in [3.8, 4) is 0 Å². The zero-order valence-electron chi connectivity index (χ0n) is 10.7. The highest BCUT2D eigenvalue weighted by molar-refractivity contribution is 9.10. The number of aromatic nitrogens is 1. The van der Waals surface area contributed by atoms with Gasteiger partial charge in [0, 0.05) is 21.7 Å². The van der Waals surface area contributed by atoms with E-state index in [-0.39, 0.29) is 0 Å². The van der Waals surface area contributed by atoms with Crippen molar-refractivity contribution in [3.63, 3.8) is 0 Å². The molecule has 0 amide bonds. The van der Waals surface area contributed by atoms with Crippen molar-refractivity contribution in [2.24, 2.45) is 0 Å². The van der Waals surface area contributed by atoms with Gasteiger partial charge < -0.3 is 11.1 Å². The molecule has 2 aromatic carbocycles. The molecule has 0 bridgehead atoms. The van der Waals surface area contributed by atoms with E-state index >= 15 is 0 Å². The number of fused-ring (bicyclic) bond motifs is 1. The van der Waals surface area contributed by atoms with Crippen LogP contribution in [0.25, 0.3) is 10.9 Å². The summed E-state index contributed by atoms with van der Waals surface area (Å²) in [6.07, 6.45) is 1.73. The highest BCUT2D eigenvalue weighted by Crippen LogP contribution is 2.35. The number of nitrogen functional groups attached to an aromatic ring is 1. The Bertz CT molecular complexity index is 837. The average Bonchev–Trinajstić information content (AvgIpc) is 2.47. The highest BCUT2D eigenvalue weighted by Gasteiger charge is 2.09. The fraction of sp³-hybridized carbons (Fsp3) is 0. The number of anilines is 3. The molecule has 1 heterocycles. The molecule has 1 aromatic heterocycles. The minimum absolute atomic E-state index is 0.473. The van der Waals surface area contributed by atoms with Crippen LogP contribution in [0, 0.1) is 0 Å². The summed E-state index contributed by atoms with van der Waals surface area (Å²) in [4.78, 5) is 4.42. The molecule has 6 heteroatoms. The Labute approximate surface area is 140 Å². The lowest BCUT2D eigenvalue weighted by molar-refractivity contribution is 1.38. The Morgan fingerprint density at radius 2 is 1.90 bits per heavy atom. The van der Waals surface area contributed by atoms with Crippen LogP contribution in [0.15, 0.2) is 47.1 Å². The second-order valence-corrected chi connectivity index (χ2v) is 6.18. The van der Waals surface area contributed by atoms with Crippen LogP contribution < -0.4 is 11.1 Å². The Morgan fingerprint density at radius 1 is 1.10 bits per heavy atom. The summed E-state index contributed by atoms with van der Waals surface area (Å²) in [6.45, 7) is 0. The smallest absolute Gasteiger partial charge is 0.0958 e. The Balaban J connectivity index is 2.13. The number of nitrogens with two attached hydrogens (primary N) is 1. The van der Waals surface area contributed by atoms with Gasteiger partial charge in [0.1, 0.15) is 0 Å². The van der Waals surface area contributed by atoms with Crippen molar-refractivity contribution in [3.05, 3.63) is 57.1 Å². The standard InChI is InChI=1S/C15H10BrCl2N3/c16-8-6-9-11(19)4-5-13(15(9)20-7-8)21-12-3-1-2-10(17)14(12)18/h1-7,21H,19H2. The van der Waals surface area contributed by atoms with Crippen LogP contribution in [0.4, 0.5) is 17.1 Å². The SMILES string of the molecule is Nc1ccc(Nc2cccc(Cl)c2Cl)c2ncc(Br)cc12. The molecule has 21 heavy (non-hydrogen) atoms. The largest absolute Gasteiger partial charge is 0.398 e. The maximum absolute atomic E-state index is 6.20. The number of rotatable bonds is 2. The fourth-order valence-corrected chi connectivity index (χ4v) is 2.74. The molecule has 0 spiro atoms. The molecular weight excluding hydrogens is 373 g/mol. The molecule has 3 N–H and O–H groups in total. The molecule has 0 saturated heterocycles. The molecule has 3 nitrogen and oxygen atoms in total. The molecule has 0 saturated carbocycles. The van der Waals surface area contributed by atoms with Gasteiger partial charge in [-0.3, -0.25) is 4.98 Å². The van der Waals surface area contributed by atoms with Crippen molar-refractivity contribution in [2.45, 2.75) is 0 Å². The summed E-state index contributed by atoms with van der Waals surface area (Å²) in [5, 5.41) is 5.09. The van der Waals surface area contributed by atoms with Crippen LogP contribution in [-0.4, -0.2) is 4.98 Å². The summed E-state index contributed by atoms with van der Waals surface area (Å²) in [7, 11) is 0. The predicted octanol–water partition coefficient (Wildman–Crippen LogP) is 5.63. The van der Waals surface area contributed by atoms with Crippen LogP contribution in [0.5, 0.6) is 0 Å². The first kappa shape index (κ1) is 14.4. The first-order chi connectivity index (χ1) is 10.1. The highest BCUT2D eigenvalue weighted by atomic mass is 79.9. The molecule has 0 radical (unpaired) electrons. The van der Waals surface area contributed by atoms with E-state index in [2.05, 4.69) is 26.2 Å². The van der Waals surface area contributed by atoms with Gasteiger partial charge in [0.2, 0.25) is 0 Å². The Kier molecular flexibility index (Phi) is 3.93. The normalized spacial score (nSPS) is 10.8. The van der Waals surface area contributed by atoms with Crippen molar-refractivity contribution >= 4 is 67.1 Å². The van der Waals surface area contributed by atoms with E-state index in [9.17, 15) is 0 Å². The molecule has 3 rings (SSSR count). The lowest BCUT2D eigenvalue weighted by atomic mass is 10.1. The number of nitrogens with zero attached hydrogens (tertiary/aromatic N) is 1. The van der Waals surface area contributed by atoms with Crippen molar-refractivity contribution < 1.29 is 0 Å². The molecule has 0 aliphatic carbocycles. The minimum Gasteiger partial charge on any atom is -0.398 e. The minimum atomic E-state index is 0.473. The van der Waals surface area contributed by atoms with Gasteiger partial charge in [-0.25, -0.2) is 0 Å². The maximum atomic E-state index is 6.20. The Hall–Kier alpha value is -1.49. The first-order valence-electron chi connectivity index (χ1n) is 6.11. The van der Waals surface area contributed by atoms with Gasteiger partial charge in [-0.15, -0.1) is 0 Å². The van der Waals surface area contributed by atoms with Gasteiger partial charge >= 0.3 is 0 Å². The van der Waals surface area contributed by atoms with Crippen LogP contribution in [0.2, 0.25) is 10.0 Å². The lowest BCUT2D eigenvalue weighted by Crippen LogP contribution is -1.96. The van der Waals surface area contributed by atoms with Gasteiger partial charge in [-0.1, -0.05) is 29.3 Å². The summed E-state index contributed by atoms with van der Waals surface area (Å²) in [5.41, 5.74) is 8.98. The number of hydrogen-bond donors (Lipinski definition) is 2. The van der Waals surface area contributed by atoms with Crippen LogP contribution in [0.1, 0.15) is 0 Å². The van der Waals surface area contributed by atoms with Gasteiger partial charge in [0.25, 0.3) is 0 Å². The first-order valence-corrected chi connectivity index (χ1v) is 7.66. The second-order valence-electron chi connectivity index (χ2n) is 4.48. The summed E-state index contributed by atoms with van der Waals surface area (Å²) < 4.78 is 0.875. The molecule has 3 aromatic rings. The van der Waals surface area contributed by atoms with Crippen molar-refractivity contribution in [2.75, 3.05) is 11.1 Å². The lowest BCUT2D eigenvalue weighted by Gasteiger charge is -2.12.